The van der Waals surface area contributed by atoms with Crippen LogP contribution in [0.25, 0.3) is 0 Å². The van der Waals surface area contributed by atoms with E-state index in [9.17, 15) is 9.59 Å². The number of amides is 2. The highest BCUT2D eigenvalue weighted by Gasteiger charge is 2.33. The Labute approximate surface area is 111 Å². The lowest BCUT2D eigenvalue weighted by Crippen LogP contribution is -2.51. The van der Waals surface area contributed by atoms with Crippen LogP contribution in [-0.4, -0.2) is 46.1 Å². The number of hydrogen-bond donors (Lipinski definition) is 2. The number of rotatable bonds is 2. The normalized spacial score (nSPS) is 19.3. The number of piperidine rings is 1. The number of nitrogen functional groups attached to an aromatic ring is 1. The molecule has 1 fully saturated rings. The Morgan fingerprint density at radius 2 is 2.21 bits per heavy atom. The molecule has 7 heteroatoms. The SMILES string of the molecule is CNC(=O)C1CCCCN1C(=O)c1cnn(C)c1N. The van der Waals surface area contributed by atoms with E-state index in [1.807, 2.05) is 0 Å². The molecule has 104 valence electrons. The van der Waals surface area contributed by atoms with Gasteiger partial charge in [0, 0.05) is 20.6 Å². The van der Waals surface area contributed by atoms with Crippen LogP contribution in [0.4, 0.5) is 5.82 Å². The lowest BCUT2D eigenvalue weighted by Gasteiger charge is -2.34. The van der Waals surface area contributed by atoms with Crippen LogP contribution in [-0.2, 0) is 11.8 Å². The van der Waals surface area contributed by atoms with Crippen LogP contribution in [0.1, 0.15) is 29.6 Å². The smallest absolute Gasteiger partial charge is 0.259 e. The van der Waals surface area contributed by atoms with E-state index >= 15 is 0 Å². The van der Waals surface area contributed by atoms with Crippen molar-refractivity contribution in [2.75, 3.05) is 19.3 Å². The van der Waals surface area contributed by atoms with Crippen molar-refractivity contribution < 1.29 is 9.59 Å². The summed E-state index contributed by atoms with van der Waals surface area (Å²) in [5.41, 5.74) is 6.18. The average Bonchev–Trinajstić information content (AvgIpc) is 2.77. The minimum atomic E-state index is -0.411. The molecule has 0 aliphatic carbocycles. The third kappa shape index (κ3) is 2.40. The standard InChI is InChI=1S/C12H19N5O2/c1-14-11(18)9-5-3-4-6-17(9)12(19)8-7-15-16(2)10(8)13/h7,9H,3-6,13H2,1-2H3,(H,14,18). The number of nitrogens with zero attached hydrogens (tertiary/aromatic N) is 3. The van der Waals surface area contributed by atoms with Gasteiger partial charge in [-0.25, -0.2) is 0 Å². The molecule has 2 rings (SSSR count). The Bertz CT molecular complexity index is 496. The first-order valence-corrected chi connectivity index (χ1v) is 6.36. The molecule has 1 atom stereocenters. The Balaban J connectivity index is 2.25. The van der Waals surface area contributed by atoms with E-state index in [4.69, 9.17) is 5.73 Å². The maximum Gasteiger partial charge on any atom is 0.259 e. The van der Waals surface area contributed by atoms with Crippen molar-refractivity contribution in [1.29, 1.82) is 0 Å². The average molecular weight is 265 g/mol. The third-order valence-electron chi connectivity index (χ3n) is 3.53. The predicted octanol–water partition coefficient (Wildman–Crippen LogP) is -0.257. The Morgan fingerprint density at radius 1 is 1.47 bits per heavy atom. The minimum Gasteiger partial charge on any atom is -0.383 e. The van der Waals surface area contributed by atoms with Gasteiger partial charge in [0.25, 0.3) is 5.91 Å². The van der Waals surface area contributed by atoms with E-state index in [2.05, 4.69) is 10.4 Å². The molecule has 1 unspecified atom stereocenters. The number of likely N-dealkylation sites (tertiary alicyclic amines) is 1. The largest absolute Gasteiger partial charge is 0.383 e. The van der Waals surface area contributed by atoms with Crippen LogP contribution in [0.15, 0.2) is 6.20 Å². The molecule has 2 heterocycles. The van der Waals surface area contributed by atoms with Gasteiger partial charge in [-0.15, -0.1) is 0 Å². The molecule has 1 saturated heterocycles. The second-order valence-electron chi connectivity index (χ2n) is 4.69. The van der Waals surface area contributed by atoms with Crippen molar-refractivity contribution in [3.8, 4) is 0 Å². The van der Waals surface area contributed by atoms with Gasteiger partial charge < -0.3 is 16.0 Å². The number of likely N-dealkylation sites (N-methyl/N-ethyl adjacent to an activating group) is 1. The van der Waals surface area contributed by atoms with Gasteiger partial charge in [-0.3, -0.25) is 14.3 Å². The van der Waals surface area contributed by atoms with E-state index in [1.165, 1.54) is 10.9 Å². The highest BCUT2D eigenvalue weighted by Crippen LogP contribution is 2.21. The summed E-state index contributed by atoms with van der Waals surface area (Å²) in [6.07, 6.45) is 3.99. The highest BCUT2D eigenvalue weighted by atomic mass is 16.2. The second kappa shape index (κ2) is 5.29. The highest BCUT2D eigenvalue weighted by molar-refractivity contribution is 6.00. The lowest BCUT2D eigenvalue weighted by atomic mass is 10.0. The summed E-state index contributed by atoms with van der Waals surface area (Å²) >= 11 is 0. The van der Waals surface area contributed by atoms with Crippen molar-refractivity contribution in [2.45, 2.75) is 25.3 Å². The number of hydrogen-bond acceptors (Lipinski definition) is 4. The molecule has 0 radical (unpaired) electrons. The monoisotopic (exact) mass is 265 g/mol. The van der Waals surface area contributed by atoms with Crippen LogP contribution in [0.2, 0.25) is 0 Å². The predicted molar refractivity (Wildman–Crippen MR) is 70.4 cm³/mol. The third-order valence-corrected chi connectivity index (χ3v) is 3.53. The molecule has 1 aliphatic rings. The molecular weight excluding hydrogens is 246 g/mol. The zero-order valence-corrected chi connectivity index (χ0v) is 11.2. The van der Waals surface area contributed by atoms with Gasteiger partial charge in [-0.2, -0.15) is 5.10 Å². The second-order valence-corrected chi connectivity index (χ2v) is 4.69. The summed E-state index contributed by atoms with van der Waals surface area (Å²) in [5, 5.41) is 6.57. The summed E-state index contributed by atoms with van der Waals surface area (Å²) < 4.78 is 1.45. The number of nitrogens with two attached hydrogens (primary N) is 1. The fourth-order valence-corrected chi connectivity index (χ4v) is 2.38. The van der Waals surface area contributed by atoms with Gasteiger partial charge in [0.15, 0.2) is 0 Å². The van der Waals surface area contributed by atoms with Crippen molar-refractivity contribution in [3.63, 3.8) is 0 Å². The Morgan fingerprint density at radius 3 is 2.79 bits per heavy atom. The summed E-state index contributed by atoms with van der Waals surface area (Å²) in [5.74, 6) is -0.0272. The molecule has 7 nitrogen and oxygen atoms in total. The fourth-order valence-electron chi connectivity index (χ4n) is 2.38. The maximum atomic E-state index is 12.5. The number of anilines is 1. The molecule has 1 aromatic heterocycles. The number of aromatic nitrogens is 2. The fraction of sp³-hybridized carbons (Fsp3) is 0.583. The van der Waals surface area contributed by atoms with Gasteiger partial charge in [-0.1, -0.05) is 0 Å². The first-order valence-electron chi connectivity index (χ1n) is 6.36. The first-order chi connectivity index (χ1) is 9.06. The molecule has 3 N–H and O–H groups in total. The zero-order valence-electron chi connectivity index (χ0n) is 11.2. The van der Waals surface area contributed by atoms with E-state index < -0.39 is 6.04 Å². The van der Waals surface area contributed by atoms with Gasteiger partial charge in [-0.05, 0) is 19.3 Å². The molecule has 1 aromatic rings. The van der Waals surface area contributed by atoms with Gasteiger partial charge in [0.2, 0.25) is 5.91 Å². The van der Waals surface area contributed by atoms with E-state index in [1.54, 1.807) is 19.0 Å². The topological polar surface area (TPSA) is 93.2 Å². The van der Waals surface area contributed by atoms with Crippen molar-refractivity contribution in [2.24, 2.45) is 7.05 Å². The summed E-state index contributed by atoms with van der Waals surface area (Å²) in [4.78, 5) is 25.9. The van der Waals surface area contributed by atoms with Crippen molar-refractivity contribution in [3.05, 3.63) is 11.8 Å². The molecule has 0 bridgehead atoms. The van der Waals surface area contributed by atoms with Crippen molar-refractivity contribution in [1.82, 2.24) is 20.0 Å². The Kier molecular flexibility index (Phi) is 3.73. The zero-order chi connectivity index (χ0) is 14.0. The summed E-state index contributed by atoms with van der Waals surface area (Å²) in [6, 6.07) is -0.411. The number of carbonyl (C=O) groups excluding carboxylic acids is 2. The molecular formula is C12H19N5O2. The van der Waals surface area contributed by atoms with Gasteiger partial charge in [0.05, 0.1) is 6.20 Å². The molecule has 19 heavy (non-hydrogen) atoms. The molecule has 1 aliphatic heterocycles. The lowest BCUT2D eigenvalue weighted by molar-refractivity contribution is -0.126. The van der Waals surface area contributed by atoms with E-state index in [0.29, 0.717) is 24.3 Å². The molecule has 0 saturated carbocycles. The van der Waals surface area contributed by atoms with E-state index in [-0.39, 0.29) is 11.8 Å². The minimum absolute atomic E-state index is 0.129. The summed E-state index contributed by atoms with van der Waals surface area (Å²) in [6.45, 7) is 0.575. The van der Waals surface area contributed by atoms with Gasteiger partial charge >= 0.3 is 0 Å². The van der Waals surface area contributed by atoms with Crippen molar-refractivity contribution >= 4 is 17.6 Å². The van der Waals surface area contributed by atoms with Crippen LogP contribution < -0.4 is 11.1 Å². The molecule has 0 aromatic carbocycles. The number of nitrogens with one attached hydrogen (secondary N) is 1. The molecule has 0 spiro atoms. The maximum absolute atomic E-state index is 12.5. The van der Waals surface area contributed by atoms with Gasteiger partial charge in [0.1, 0.15) is 17.4 Å². The first kappa shape index (κ1) is 13.4. The Hall–Kier alpha value is -2.05. The van der Waals surface area contributed by atoms with Crippen LogP contribution in [0.5, 0.6) is 0 Å². The summed E-state index contributed by atoms with van der Waals surface area (Å²) in [7, 11) is 3.26. The molecule has 2 amide bonds. The number of carbonyl (C=O) groups is 2. The van der Waals surface area contributed by atoms with E-state index in [0.717, 1.165) is 12.8 Å². The number of aryl methyl sites for hydroxylation is 1. The quantitative estimate of drug-likeness (QED) is 0.770. The van der Waals surface area contributed by atoms with Crippen LogP contribution in [0, 0.1) is 0 Å². The van der Waals surface area contributed by atoms with Crippen LogP contribution in [0.3, 0.4) is 0 Å². The van der Waals surface area contributed by atoms with Crippen LogP contribution >= 0.6 is 0 Å².